The van der Waals surface area contributed by atoms with Gasteiger partial charge in [-0.3, -0.25) is 4.79 Å². The number of nitrogens with one attached hydrogen (secondary N) is 1. The van der Waals surface area contributed by atoms with Gasteiger partial charge in [0.1, 0.15) is 11.6 Å². The van der Waals surface area contributed by atoms with Gasteiger partial charge in [-0.25, -0.2) is 9.97 Å². The van der Waals surface area contributed by atoms with Crippen molar-refractivity contribution in [1.29, 1.82) is 0 Å². The summed E-state index contributed by atoms with van der Waals surface area (Å²) < 4.78 is 0. The lowest BCUT2D eigenvalue weighted by atomic mass is 10.2. The molecule has 0 aromatic carbocycles. The molecular formula is C12H16N4O. The number of fused-ring (bicyclic) bond motifs is 1. The van der Waals surface area contributed by atoms with Crippen LogP contribution >= 0.6 is 0 Å². The number of aryl methyl sites for hydroxylation is 2. The molecule has 0 spiro atoms. The first-order valence-corrected chi connectivity index (χ1v) is 6.12. The van der Waals surface area contributed by atoms with Crippen LogP contribution < -0.4 is 10.2 Å². The summed E-state index contributed by atoms with van der Waals surface area (Å²) in [6.07, 6.45) is 3.25. The van der Waals surface area contributed by atoms with Gasteiger partial charge in [0.25, 0.3) is 0 Å². The zero-order valence-electron chi connectivity index (χ0n) is 9.99. The number of aromatic nitrogens is 2. The summed E-state index contributed by atoms with van der Waals surface area (Å²) >= 11 is 0. The molecule has 0 radical (unpaired) electrons. The fourth-order valence-corrected chi connectivity index (χ4v) is 2.61. The Labute approximate surface area is 100 Å². The molecule has 2 heterocycles. The molecule has 5 heteroatoms. The van der Waals surface area contributed by atoms with Gasteiger partial charge >= 0.3 is 0 Å². The smallest absolute Gasteiger partial charge is 0.239 e. The molecule has 0 saturated carbocycles. The first kappa shape index (κ1) is 10.5. The second kappa shape index (κ2) is 3.98. The fourth-order valence-electron chi connectivity index (χ4n) is 2.61. The Morgan fingerprint density at radius 3 is 3.00 bits per heavy atom. The van der Waals surface area contributed by atoms with Crippen LogP contribution in [0.25, 0.3) is 0 Å². The molecule has 1 saturated heterocycles. The number of carbonyl (C=O) groups excluding carboxylic acids is 1. The monoisotopic (exact) mass is 232 g/mol. The standard InChI is InChI=1S/C12H16N4O/c1-8-14-10-4-2-3-9(10)12(15-8)16-6-5-13-11(17)7-16/h2-7H2,1H3,(H,13,17). The molecule has 1 amide bonds. The maximum Gasteiger partial charge on any atom is 0.239 e. The van der Waals surface area contributed by atoms with Crippen LogP contribution in [0.15, 0.2) is 0 Å². The zero-order valence-corrected chi connectivity index (χ0v) is 9.99. The van der Waals surface area contributed by atoms with Crippen LogP contribution in [0.3, 0.4) is 0 Å². The van der Waals surface area contributed by atoms with Crippen molar-refractivity contribution in [3.05, 3.63) is 17.1 Å². The number of carbonyl (C=O) groups is 1. The second-order valence-electron chi connectivity index (χ2n) is 4.64. The average Bonchev–Trinajstić information content (AvgIpc) is 2.75. The van der Waals surface area contributed by atoms with Gasteiger partial charge in [0.2, 0.25) is 5.91 Å². The molecule has 1 aromatic rings. The van der Waals surface area contributed by atoms with Crippen molar-refractivity contribution >= 4 is 11.7 Å². The number of hydrogen-bond acceptors (Lipinski definition) is 4. The summed E-state index contributed by atoms with van der Waals surface area (Å²) in [6.45, 7) is 3.89. The van der Waals surface area contributed by atoms with Crippen molar-refractivity contribution in [3.63, 3.8) is 0 Å². The molecule has 2 aliphatic rings. The van der Waals surface area contributed by atoms with E-state index in [0.717, 1.165) is 37.4 Å². The van der Waals surface area contributed by atoms with Crippen LogP contribution in [0.2, 0.25) is 0 Å². The highest BCUT2D eigenvalue weighted by molar-refractivity contribution is 5.82. The van der Waals surface area contributed by atoms with E-state index in [-0.39, 0.29) is 5.91 Å². The van der Waals surface area contributed by atoms with E-state index in [1.807, 2.05) is 6.92 Å². The Morgan fingerprint density at radius 2 is 2.18 bits per heavy atom. The van der Waals surface area contributed by atoms with E-state index in [4.69, 9.17) is 0 Å². The molecular weight excluding hydrogens is 216 g/mol. The third-order valence-corrected chi connectivity index (χ3v) is 3.36. The number of hydrogen-bond donors (Lipinski definition) is 1. The van der Waals surface area contributed by atoms with Gasteiger partial charge in [0.15, 0.2) is 0 Å². The number of amides is 1. The lowest BCUT2D eigenvalue weighted by Crippen LogP contribution is -2.48. The van der Waals surface area contributed by atoms with Crippen LogP contribution in [0, 0.1) is 6.92 Å². The first-order chi connectivity index (χ1) is 8.24. The highest BCUT2D eigenvalue weighted by atomic mass is 16.2. The fraction of sp³-hybridized carbons (Fsp3) is 0.583. The Morgan fingerprint density at radius 1 is 1.29 bits per heavy atom. The maximum absolute atomic E-state index is 11.4. The minimum absolute atomic E-state index is 0.0827. The van der Waals surface area contributed by atoms with Crippen molar-refractivity contribution in [2.75, 3.05) is 24.5 Å². The summed E-state index contributed by atoms with van der Waals surface area (Å²) in [5, 5.41) is 2.84. The lowest BCUT2D eigenvalue weighted by Gasteiger charge is -2.29. The summed E-state index contributed by atoms with van der Waals surface area (Å²) in [5.41, 5.74) is 2.43. The van der Waals surface area contributed by atoms with E-state index in [1.165, 1.54) is 11.3 Å². The number of nitrogens with zero attached hydrogens (tertiary/aromatic N) is 3. The summed E-state index contributed by atoms with van der Waals surface area (Å²) in [5.74, 6) is 1.88. The summed E-state index contributed by atoms with van der Waals surface area (Å²) in [6, 6.07) is 0. The van der Waals surface area contributed by atoms with Gasteiger partial charge in [-0.1, -0.05) is 0 Å². The van der Waals surface area contributed by atoms with E-state index in [9.17, 15) is 4.79 Å². The van der Waals surface area contributed by atoms with Crippen molar-refractivity contribution in [3.8, 4) is 0 Å². The third-order valence-electron chi connectivity index (χ3n) is 3.36. The topological polar surface area (TPSA) is 58.1 Å². The lowest BCUT2D eigenvalue weighted by molar-refractivity contribution is -0.120. The molecule has 1 N–H and O–H groups in total. The molecule has 1 fully saturated rings. The van der Waals surface area contributed by atoms with Gasteiger partial charge in [0.05, 0.1) is 6.54 Å². The molecule has 3 rings (SSSR count). The van der Waals surface area contributed by atoms with E-state index in [0.29, 0.717) is 13.1 Å². The van der Waals surface area contributed by atoms with Crippen LogP contribution in [-0.4, -0.2) is 35.5 Å². The van der Waals surface area contributed by atoms with E-state index in [2.05, 4.69) is 20.2 Å². The highest BCUT2D eigenvalue weighted by Gasteiger charge is 2.25. The van der Waals surface area contributed by atoms with Gasteiger partial charge in [-0.15, -0.1) is 0 Å². The van der Waals surface area contributed by atoms with E-state index >= 15 is 0 Å². The molecule has 0 unspecified atom stereocenters. The molecule has 0 bridgehead atoms. The highest BCUT2D eigenvalue weighted by Crippen LogP contribution is 2.28. The van der Waals surface area contributed by atoms with E-state index in [1.54, 1.807) is 0 Å². The third kappa shape index (κ3) is 1.85. The first-order valence-electron chi connectivity index (χ1n) is 6.12. The SMILES string of the molecule is Cc1nc2c(c(N3CCNC(=O)C3)n1)CCC2. The quantitative estimate of drug-likeness (QED) is 0.752. The number of rotatable bonds is 1. The predicted octanol–water partition coefficient (Wildman–Crippen LogP) is 0.210. The summed E-state index contributed by atoms with van der Waals surface area (Å²) in [7, 11) is 0. The van der Waals surface area contributed by atoms with Crippen molar-refractivity contribution in [2.24, 2.45) is 0 Å². The molecule has 1 aliphatic heterocycles. The van der Waals surface area contributed by atoms with Gasteiger partial charge in [-0.2, -0.15) is 0 Å². The van der Waals surface area contributed by atoms with Crippen molar-refractivity contribution in [1.82, 2.24) is 15.3 Å². The molecule has 17 heavy (non-hydrogen) atoms. The van der Waals surface area contributed by atoms with Gasteiger partial charge in [-0.05, 0) is 26.2 Å². The van der Waals surface area contributed by atoms with Gasteiger partial charge < -0.3 is 10.2 Å². The second-order valence-corrected chi connectivity index (χ2v) is 4.64. The molecule has 1 aromatic heterocycles. The van der Waals surface area contributed by atoms with Crippen LogP contribution in [-0.2, 0) is 17.6 Å². The van der Waals surface area contributed by atoms with Crippen molar-refractivity contribution in [2.45, 2.75) is 26.2 Å². The van der Waals surface area contributed by atoms with Gasteiger partial charge in [0, 0.05) is 24.3 Å². The largest absolute Gasteiger partial charge is 0.353 e. The average molecular weight is 232 g/mol. The van der Waals surface area contributed by atoms with E-state index < -0.39 is 0 Å². The Kier molecular flexibility index (Phi) is 2.46. The number of anilines is 1. The molecule has 5 nitrogen and oxygen atoms in total. The Bertz CT molecular complexity index is 472. The molecule has 0 atom stereocenters. The zero-order chi connectivity index (χ0) is 11.8. The van der Waals surface area contributed by atoms with Crippen molar-refractivity contribution < 1.29 is 4.79 Å². The minimum Gasteiger partial charge on any atom is -0.353 e. The van der Waals surface area contributed by atoms with Crippen LogP contribution in [0.4, 0.5) is 5.82 Å². The van der Waals surface area contributed by atoms with Crippen LogP contribution in [0.1, 0.15) is 23.5 Å². The predicted molar refractivity (Wildman–Crippen MR) is 64.0 cm³/mol. The minimum atomic E-state index is 0.0827. The summed E-state index contributed by atoms with van der Waals surface area (Å²) in [4.78, 5) is 22.5. The van der Waals surface area contributed by atoms with Crippen LogP contribution in [0.5, 0.6) is 0 Å². The molecule has 1 aliphatic carbocycles. The Balaban J connectivity index is 1.99. The normalized spacial score (nSPS) is 19.1. The molecule has 90 valence electrons. The Hall–Kier alpha value is -1.65. The number of piperazine rings is 1. The maximum atomic E-state index is 11.4.